The number of alkyl halides is 3. The third-order valence-corrected chi connectivity index (χ3v) is 3.49. The highest BCUT2D eigenvalue weighted by atomic mass is 19.4. The van der Waals surface area contributed by atoms with E-state index in [9.17, 15) is 18.0 Å². The summed E-state index contributed by atoms with van der Waals surface area (Å²) < 4.78 is 38.8. The van der Waals surface area contributed by atoms with Gasteiger partial charge in [-0.05, 0) is 25.0 Å². The summed E-state index contributed by atoms with van der Waals surface area (Å²) in [5.74, 6) is 0.121. The van der Waals surface area contributed by atoms with Gasteiger partial charge >= 0.3 is 6.18 Å². The van der Waals surface area contributed by atoms with Crippen LogP contribution in [0, 0.1) is 0 Å². The molecule has 1 heterocycles. The number of Topliss-reactive ketones (excluding diaryl/α,β-unsaturated/α-hetero) is 1. The highest BCUT2D eigenvalue weighted by molar-refractivity contribution is 5.79. The van der Waals surface area contributed by atoms with Crippen molar-refractivity contribution in [2.45, 2.75) is 37.9 Å². The second-order valence-corrected chi connectivity index (χ2v) is 4.75. The molecule has 2 rings (SSSR count). The first-order valence-electron chi connectivity index (χ1n) is 6.16. The molecule has 1 aliphatic rings. The maximum absolute atomic E-state index is 12.9. The Morgan fingerprint density at radius 1 is 1.32 bits per heavy atom. The van der Waals surface area contributed by atoms with Crippen molar-refractivity contribution in [3.8, 4) is 0 Å². The van der Waals surface area contributed by atoms with Gasteiger partial charge < -0.3 is 4.90 Å². The van der Waals surface area contributed by atoms with Crippen molar-refractivity contribution in [1.29, 1.82) is 0 Å². The molecule has 1 fully saturated rings. The molecule has 1 saturated carbocycles. The lowest BCUT2D eigenvalue weighted by molar-refractivity contribution is -0.137. The SMILES string of the molecule is CN(c1ncccc1C(F)(F)F)C1CCC(=O)CC1. The molecule has 0 unspecified atom stereocenters. The normalized spacial score (nSPS) is 17.6. The molecule has 6 heteroatoms. The third-order valence-electron chi connectivity index (χ3n) is 3.49. The molecule has 0 aromatic carbocycles. The van der Waals surface area contributed by atoms with Crippen molar-refractivity contribution in [2.75, 3.05) is 11.9 Å². The van der Waals surface area contributed by atoms with E-state index in [4.69, 9.17) is 0 Å². The molecule has 1 aromatic rings. The third kappa shape index (κ3) is 3.05. The number of hydrogen-bond donors (Lipinski definition) is 0. The van der Waals surface area contributed by atoms with Crippen LogP contribution < -0.4 is 4.90 Å². The highest BCUT2D eigenvalue weighted by Crippen LogP contribution is 2.36. The van der Waals surface area contributed by atoms with E-state index < -0.39 is 11.7 Å². The molecule has 0 saturated heterocycles. The molecule has 0 radical (unpaired) electrons. The van der Waals surface area contributed by atoms with Crippen LogP contribution in [0.3, 0.4) is 0 Å². The minimum Gasteiger partial charge on any atom is -0.356 e. The number of rotatable bonds is 2. The van der Waals surface area contributed by atoms with Crippen LogP contribution in [0.5, 0.6) is 0 Å². The van der Waals surface area contributed by atoms with Gasteiger partial charge in [-0.2, -0.15) is 13.2 Å². The van der Waals surface area contributed by atoms with Gasteiger partial charge in [-0.15, -0.1) is 0 Å². The first kappa shape index (κ1) is 13.8. The lowest BCUT2D eigenvalue weighted by Gasteiger charge is -2.32. The summed E-state index contributed by atoms with van der Waals surface area (Å²) in [5.41, 5.74) is -0.727. The Morgan fingerprint density at radius 3 is 2.53 bits per heavy atom. The Hall–Kier alpha value is -1.59. The van der Waals surface area contributed by atoms with Crippen LogP contribution in [0.15, 0.2) is 18.3 Å². The van der Waals surface area contributed by atoms with E-state index in [2.05, 4.69) is 4.98 Å². The summed E-state index contributed by atoms with van der Waals surface area (Å²) in [5, 5.41) is 0. The Bertz CT molecular complexity index is 463. The monoisotopic (exact) mass is 272 g/mol. The summed E-state index contributed by atoms with van der Waals surface area (Å²) >= 11 is 0. The van der Waals surface area contributed by atoms with Gasteiger partial charge in [0.15, 0.2) is 0 Å². The smallest absolute Gasteiger partial charge is 0.356 e. The number of aromatic nitrogens is 1. The standard InChI is InChI=1S/C13H15F3N2O/c1-18(9-4-6-10(19)7-5-9)12-11(13(14,15)16)3-2-8-17-12/h2-3,8-9H,4-7H2,1H3. The zero-order chi connectivity index (χ0) is 14.0. The van der Waals surface area contributed by atoms with Gasteiger partial charge in [0.05, 0.1) is 5.56 Å². The molecule has 0 amide bonds. The average Bonchev–Trinajstić information content (AvgIpc) is 2.38. The van der Waals surface area contributed by atoms with Crippen LogP contribution >= 0.6 is 0 Å². The maximum Gasteiger partial charge on any atom is 0.419 e. The fraction of sp³-hybridized carbons (Fsp3) is 0.538. The van der Waals surface area contributed by atoms with Gasteiger partial charge in [-0.25, -0.2) is 4.98 Å². The fourth-order valence-electron chi connectivity index (χ4n) is 2.38. The summed E-state index contributed by atoms with van der Waals surface area (Å²) in [6, 6.07) is 2.26. The Morgan fingerprint density at radius 2 is 1.95 bits per heavy atom. The van der Waals surface area contributed by atoms with Gasteiger partial charge in [-0.3, -0.25) is 4.79 Å². The van der Waals surface area contributed by atoms with Crippen LogP contribution in [0.25, 0.3) is 0 Å². The average molecular weight is 272 g/mol. The maximum atomic E-state index is 12.9. The number of carbonyl (C=O) groups is 1. The number of anilines is 1. The fourth-order valence-corrected chi connectivity index (χ4v) is 2.38. The van der Waals surface area contributed by atoms with Gasteiger partial charge in [-0.1, -0.05) is 0 Å². The summed E-state index contributed by atoms with van der Waals surface area (Å²) in [7, 11) is 1.61. The number of carbonyl (C=O) groups excluding carboxylic acids is 1. The largest absolute Gasteiger partial charge is 0.419 e. The zero-order valence-electron chi connectivity index (χ0n) is 10.6. The second-order valence-electron chi connectivity index (χ2n) is 4.75. The van der Waals surface area contributed by atoms with Crippen LogP contribution in [-0.4, -0.2) is 23.9 Å². The quantitative estimate of drug-likeness (QED) is 0.829. The molecule has 0 aliphatic heterocycles. The van der Waals surface area contributed by atoms with Crippen LogP contribution in [0.1, 0.15) is 31.2 Å². The summed E-state index contributed by atoms with van der Waals surface area (Å²) in [6.45, 7) is 0. The molecule has 0 bridgehead atoms. The van der Waals surface area contributed by atoms with Gasteiger partial charge in [0.1, 0.15) is 11.6 Å². The van der Waals surface area contributed by atoms with Gasteiger partial charge in [0.2, 0.25) is 0 Å². The van der Waals surface area contributed by atoms with E-state index in [1.165, 1.54) is 12.3 Å². The molecule has 1 aromatic heterocycles. The molecule has 0 atom stereocenters. The lowest BCUT2D eigenvalue weighted by Crippen LogP contribution is -2.37. The number of ketones is 1. The minimum absolute atomic E-state index is 0.0608. The van der Waals surface area contributed by atoms with Crippen molar-refractivity contribution in [3.05, 3.63) is 23.9 Å². The van der Waals surface area contributed by atoms with Crippen molar-refractivity contribution >= 4 is 11.6 Å². The van der Waals surface area contributed by atoms with Gasteiger partial charge in [0.25, 0.3) is 0 Å². The van der Waals surface area contributed by atoms with E-state index in [0.29, 0.717) is 25.7 Å². The minimum atomic E-state index is -4.41. The van der Waals surface area contributed by atoms with Crippen LogP contribution in [-0.2, 0) is 11.0 Å². The topological polar surface area (TPSA) is 33.2 Å². The predicted octanol–water partition coefficient (Wildman–Crippen LogP) is 3.05. The Labute approximate surface area is 109 Å². The number of hydrogen-bond acceptors (Lipinski definition) is 3. The van der Waals surface area contributed by atoms with E-state index >= 15 is 0 Å². The molecule has 3 nitrogen and oxygen atoms in total. The lowest BCUT2D eigenvalue weighted by atomic mass is 9.93. The first-order chi connectivity index (χ1) is 8.89. The Kier molecular flexibility index (Phi) is 3.78. The molecule has 0 spiro atoms. The van der Waals surface area contributed by atoms with E-state index in [1.807, 2.05) is 0 Å². The highest BCUT2D eigenvalue weighted by Gasteiger charge is 2.36. The van der Waals surface area contributed by atoms with Crippen molar-refractivity contribution in [1.82, 2.24) is 4.98 Å². The Balaban J connectivity index is 2.24. The zero-order valence-corrected chi connectivity index (χ0v) is 10.6. The van der Waals surface area contributed by atoms with Crippen LogP contribution in [0.4, 0.5) is 19.0 Å². The van der Waals surface area contributed by atoms with Crippen molar-refractivity contribution in [2.24, 2.45) is 0 Å². The number of nitrogens with zero attached hydrogens (tertiary/aromatic N) is 2. The molecular formula is C13H15F3N2O. The number of halogens is 3. The molecule has 1 aliphatic carbocycles. The first-order valence-corrected chi connectivity index (χ1v) is 6.16. The second kappa shape index (κ2) is 5.19. The van der Waals surface area contributed by atoms with E-state index in [1.54, 1.807) is 11.9 Å². The molecule has 19 heavy (non-hydrogen) atoms. The summed E-state index contributed by atoms with van der Waals surface area (Å²) in [4.78, 5) is 16.6. The van der Waals surface area contributed by atoms with Crippen molar-refractivity contribution in [3.63, 3.8) is 0 Å². The van der Waals surface area contributed by atoms with Crippen LogP contribution in [0.2, 0.25) is 0 Å². The van der Waals surface area contributed by atoms with E-state index in [0.717, 1.165) is 6.07 Å². The van der Waals surface area contributed by atoms with E-state index in [-0.39, 0.29) is 17.6 Å². The van der Waals surface area contributed by atoms with Gasteiger partial charge in [0, 0.05) is 32.1 Å². The molecule has 104 valence electrons. The summed E-state index contributed by atoms with van der Waals surface area (Å²) in [6.07, 6.45) is -1.02. The number of pyridine rings is 1. The molecular weight excluding hydrogens is 257 g/mol. The molecule has 0 N–H and O–H groups in total. The predicted molar refractivity (Wildman–Crippen MR) is 64.9 cm³/mol. The van der Waals surface area contributed by atoms with Crippen molar-refractivity contribution < 1.29 is 18.0 Å².